The summed E-state index contributed by atoms with van der Waals surface area (Å²) in [5.74, 6) is -0.378. The van der Waals surface area contributed by atoms with Gasteiger partial charge in [-0.25, -0.2) is 18.5 Å². The van der Waals surface area contributed by atoms with E-state index < -0.39 is 10.0 Å². The number of thiazole rings is 1. The maximum atomic E-state index is 12.5. The first kappa shape index (κ1) is 19.2. The molecule has 8 heteroatoms. The summed E-state index contributed by atoms with van der Waals surface area (Å²) in [7, 11) is -3.90. The minimum absolute atomic E-state index is 0.0346. The number of primary sulfonamides is 1. The predicted octanol–water partition coefficient (Wildman–Crippen LogP) is 3.00. The van der Waals surface area contributed by atoms with Crippen molar-refractivity contribution in [3.05, 3.63) is 70.2 Å². The van der Waals surface area contributed by atoms with E-state index in [2.05, 4.69) is 10.3 Å². The lowest BCUT2D eigenvalue weighted by molar-refractivity contribution is 0.0950. The van der Waals surface area contributed by atoms with Gasteiger partial charge in [-0.05, 0) is 37.1 Å². The van der Waals surface area contributed by atoms with Crippen LogP contribution in [0.2, 0.25) is 0 Å². The fourth-order valence-corrected chi connectivity index (χ4v) is 4.33. The number of hydrogen-bond donors (Lipinski definition) is 2. The first-order valence-electron chi connectivity index (χ1n) is 8.18. The van der Waals surface area contributed by atoms with Gasteiger partial charge in [0.25, 0.3) is 5.91 Å². The Bertz CT molecular complexity index is 1090. The maximum Gasteiger partial charge on any atom is 0.251 e. The standard InChI is InChI=1S/C19H19N3O3S2/c1-12-8-15(9-17(13(12)2)27(20,24)25)18(23)21-10-16-11-26-19(22-16)14-6-4-3-5-7-14/h3-9,11H,10H2,1-2H3,(H,21,23)(H2,20,24,25). The van der Waals surface area contributed by atoms with E-state index in [1.165, 1.54) is 17.4 Å². The molecule has 3 rings (SSSR count). The predicted molar refractivity (Wildman–Crippen MR) is 106 cm³/mol. The Labute approximate surface area is 162 Å². The summed E-state index contributed by atoms with van der Waals surface area (Å²) in [4.78, 5) is 17.0. The fraction of sp³-hybridized carbons (Fsp3) is 0.158. The van der Waals surface area contributed by atoms with Crippen molar-refractivity contribution in [3.63, 3.8) is 0 Å². The summed E-state index contributed by atoms with van der Waals surface area (Å²) < 4.78 is 23.5. The summed E-state index contributed by atoms with van der Waals surface area (Å²) in [6.45, 7) is 3.66. The number of sulfonamides is 1. The molecule has 0 unspecified atom stereocenters. The van der Waals surface area contributed by atoms with Crippen LogP contribution in [0.4, 0.5) is 0 Å². The smallest absolute Gasteiger partial charge is 0.251 e. The molecule has 1 amide bonds. The number of carbonyl (C=O) groups excluding carboxylic acids is 1. The second-order valence-electron chi connectivity index (χ2n) is 6.15. The zero-order valence-electron chi connectivity index (χ0n) is 14.9. The number of carbonyl (C=O) groups is 1. The summed E-state index contributed by atoms with van der Waals surface area (Å²) in [6, 6.07) is 12.7. The molecule has 0 aliphatic heterocycles. The highest BCUT2D eigenvalue weighted by Gasteiger charge is 2.17. The van der Waals surface area contributed by atoms with Crippen molar-refractivity contribution in [1.29, 1.82) is 0 Å². The van der Waals surface area contributed by atoms with Gasteiger partial charge in [-0.2, -0.15) is 0 Å². The van der Waals surface area contributed by atoms with Gasteiger partial charge < -0.3 is 5.32 Å². The molecule has 0 fully saturated rings. The van der Waals surface area contributed by atoms with Crippen LogP contribution in [0, 0.1) is 13.8 Å². The number of nitrogens with two attached hydrogens (primary N) is 1. The van der Waals surface area contributed by atoms with Gasteiger partial charge in [0, 0.05) is 16.5 Å². The third-order valence-electron chi connectivity index (χ3n) is 4.19. The Hall–Kier alpha value is -2.55. The van der Waals surface area contributed by atoms with Gasteiger partial charge in [0.1, 0.15) is 5.01 Å². The highest BCUT2D eigenvalue weighted by Crippen LogP contribution is 2.23. The largest absolute Gasteiger partial charge is 0.346 e. The van der Waals surface area contributed by atoms with Crippen molar-refractivity contribution in [2.75, 3.05) is 0 Å². The van der Waals surface area contributed by atoms with Crippen molar-refractivity contribution in [1.82, 2.24) is 10.3 Å². The lowest BCUT2D eigenvalue weighted by Gasteiger charge is -2.10. The first-order chi connectivity index (χ1) is 12.8. The number of aromatic nitrogens is 1. The van der Waals surface area contributed by atoms with Crippen LogP contribution < -0.4 is 10.5 Å². The average molecular weight is 402 g/mol. The van der Waals surface area contributed by atoms with Crippen LogP contribution in [-0.4, -0.2) is 19.3 Å². The van der Waals surface area contributed by atoms with Gasteiger partial charge in [-0.1, -0.05) is 30.3 Å². The summed E-state index contributed by atoms with van der Waals surface area (Å²) in [5.41, 5.74) is 3.24. The summed E-state index contributed by atoms with van der Waals surface area (Å²) in [5, 5.41) is 10.8. The zero-order chi connectivity index (χ0) is 19.6. The van der Waals surface area contributed by atoms with Gasteiger partial charge in [0.2, 0.25) is 10.0 Å². The number of nitrogens with zero attached hydrogens (tertiary/aromatic N) is 1. The maximum absolute atomic E-state index is 12.5. The minimum atomic E-state index is -3.90. The third kappa shape index (κ3) is 4.41. The van der Waals surface area contributed by atoms with Crippen molar-refractivity contribution in [2.45, 2.75) is 25.3 Å². The molecule has 0 radical (unpaired) electrons. The normalized spacial score (nSPS) is 11.4. The lowest BCUT2D eigenvalue weighted by Crippen LogP contribution is -2.24. The van der Waals surface area contributed by atoms with E-state index in [1.54, 1.807) is 19.9 Å². The molecule has 1 heterocycles. The van der Waals surface area contributed by atoms with Crippen LogP contribution in [0.25, 0.3) is 10.6 Å². The van der Waals surface area contributed by atoms with Crippen LogP contribution in [0.15, 0.2) is 52.7 Å². The topological polar surface area (TPSA) is 102 Å². The van der Waals surface area contributed by atoms with Crippen LogP contribution in [0.5, 0.6) is 0 Å². The minimum Gasteiger partial charge on any atom is -0.346 e. The van der Waals surface area contributed by atoms with E-state index in [1.807, 2.05) is 35.7 Å². The molecular formula is C19H19N3O3S2. The molecule has 0 aliphatic rings. The van der Waals surface area contributed by atoms with E-state index in [-0.39, 0.29) is 22.9 Å². The molecule has 3 aromatic rings. The van der Waals surface area contributed by atoms with Crippen molar-refractivity contribution in [2.24, 2.45) is 5.14 Å². The van der Waals surface area contributed by atoms with Crippen LogP contribution in [-0.2, 0) is 16.6 Å². The number of rotatable bonds is 5. The molecule has 0 atom stereocenters. The van der Waals surface area contributed by atoms with Gasteiger partial charge >= 0.3 is 0 Å². The van der Waals surface area contributed by atoms with E-state index in [0.29, 0.717) is 11.1 Å². The van der Waals surface area contributed by atoms with Crippen molar-refractivity contribution in [3.8, 4) is 10.6 Å². The van der Waals surface area contributed by atoms with Gasteiger partial charge in [-0.3, -0.25) is 4.79 Å². The molecule has 3 N–H and O–H groups in total. The molecule has 6 nitrogen and oxygen atoms in total. The second-order valence-corrected chi connectivity index (χ2v) is 8.54. The molecule has 1 aromatic heterocycles. The first-order valence-corrected chi connectivity index (χ1v) is 10.6. The monoisotopic (exact) mass is 401 g/mol. The number of benzene rings is 2. The van der Waals surface area contributed by atoms with Gasteiger partial charge in [0.05, 0.1) is 17.1 Å². The molecular weight excluding hydrogens is 382 g/mol. The molecule has 0 bridgehead atoms. The van der Waals surface area contributed by atoms with Crippen molar-refractivity contribution >= 4 is 27.3 Å². The van der Waals surface area contributed by atoms with Gasteiger partial charge in [0.15, 0.2) is 0 Å². The molecule has 0 aliphatic carbocycles. The Morgan fingerprint density at radius 2 is 1.89 bits per heavy atom. The zero-order valence-corrected chi connectivity index (χ0v) is 16.5. The molecule has 0 saturated heterocycles. The molecule has 0 spiro atoms. The third-order valence-corrected chi connectivity index (χ3v) is 6.17. The van der Waals surface area contributed by atoms with E-state index >= 15 is 0 Å². The lowest BCUT2D eigenvalue weighted by atomic mass is 10.1. The van der Waals surface area contributed by atoms with E-state index in [4.69, 9.17) is 5.14 Å². The Morgan fingerprint density at radius 1 is 1.19 bits per heavy atom. The molecule has 27 heavy (non-hydrogen) atoms. The summed E-state index contributed by atoms with van der Waals surface area (Å²) in [6.07, 6.45) is 0. The molecule has 2 aromatic carbocycles. The fourth-order valence-electron chi connectivity index (χ4n) is 2.63. The van der Waals surface area contributed by atoms with Crippen LogP contribution in [0.1, 0.15) is 27.2 Å². The van der Waals surface area contributed by atoms with Crippen LogP contribution >= 0.6 is 11.3 Å². The highest BCUT2D eigenvalue weighted by atomic mass is 32.2. The number of hydrogen-bond acceptors (Lipinski definition) is 5. The SMILES string of the molecule is Cc1cc(C(=O)NCc2csc(-c3ccccc3)n2)cc(S(N)(=O)=O)c1C. The summed E-state index contributed by atoms with van der Waals surface area (Å²) >= 11 is 1.50. The number of aryl methyl sites for hydroxylation is 1. The Morgan fingerprint density at radius 3 is 2.56 bits per heavy atom. The number of nitrogens with one attached hydrogen (secondary N) is 1. The van der Waals surface area contributed by atoms with E-state index in [9.17, 15) is 13.2 Å². The Kier molecular flexibility index (Phi) is 5.41. The van der Waals surface area contributed by atoms with E-state index in [0.717, 1.165) is 16.3 Å². The average Bonchev–Trinajstić information content (AvgIpc) is 3.10. The highest BCUT2D eigenvalue weighted by molar-refractivity contribution is 7.89. The Balaban J connectivity index is 1.75. The van der Waals surface area contributed by atoms with Gasteiger partial charge in [-0.15, -0.1) is 11.3 Å². The molecule has 0 saturated carbocycles. The quantitative estimate of drug-likeness (QED) is 0.686. The second kappa shape index (κ2) is 7.59. The van der Waals surface area contributed by atoms with Crippen molar-refractivity contribution < 1.29 is 13.2 Å². The number of amides is 1. The van der Waals surface area contributed by atoms with Crippen LogP contribution in [0.3, 0.4) is 0 Å². The molecule has 140 valence electrons.